The Balaban J connectivity index is 0.000000338. The van der Waals surface area contributed by atoms with Crippen molar-refractivity contribution >= 4 is 29.5 Å². The molecular formula is C30H34FN3O2. The molecule has 2 N–H and O–H groups in total. The van der Waals surface area contributed by atoms with Crippen LogP contribution in [-0.4, -0.2) is 21.7 Å². The lowest BCUT2D eigenvalue weighted by molar-refractivity contribution is -0.121. The normalized spacial score (nSPS) is 14.7. The fraction of sp³-hybridized carbons (Fsp3) is 0.300. The van der Waals surface area contributed by atoms with Crippen molar-refractivity contribution in [2.45, 2.75) is 52.9 Å². The summed E-state index contributed by atoms with van der Waals surface area (Å²) in [4.78, 5) is 30.9. The number of ketones is 1. The Bertz CT molecular complexity index is 1330. The molecule has 36 heavy (non-hydrogen) atoms. The number of carbonyl (C=O) groups is 2. The van der Waals surface area contributed by atoms with Gasteiger partial charge in [-0.25, -0.2) is 9.37 Å². The van der Waals surface area contributed by atoms with Gasteiger partial charge in [-0.2, -0.15) is 0 Å². The van der Waals surface area contributed by atoms with Crippen LogP contribution in [0, 0.1) is 11.7 Å². The Morgan fingerprint density at radius 1 is 1.06 bits per heavy atom. The minimum atomic E-state index is -0.549. The van der Waals surface area contributed by atoms with Crippen molar-refractivity contribution in [3.05, 3.63) is 82.8 Å². The molecule has 2 aromatic carbocycles. The first-order chi connectivity index (χ1) is 17.3. The summed E-state index contributed by atoms with van der Waals surface area (Å²) in [5.74, 6) is 0.503. The maximum atomic E-state index is 13.7. The van der Waals surface area contributed by atoms with Crippen LogP contribution in [0.4, 0.5) is 10.1 Å². The van der Waals surface area contributed by atoms with Gasteiger partial charge < -0.3 is 10.3 Å². The van der Waals surface area contributed by atoms with E-state index in [4.69, 9.17) is 0 Å². The Morgan fingerprint density at radius 3 is 2.28 bits per heavy atom. The molecule has 0 spiro atoms. The molecule has 1 aromatic heterocycles. The summed E-state index contributed by atoms with van der Waals surface area (Å²) in [7, 11) is 0. The zero-order chi connectivity index (χ0) is 26.1. The number of halogens is 1. The Labute approximate surface area is 211 Å². The van der Waals surface area contributed by atoms with Crippen LogP contribution in [-0.2, 0) is 4.79 Å². The molecule has 188 valence electrons. The standard InChI is InChI=1S/C22H20FN3O.C8H14O/c1-4-19-20(13-14(2)3)26-21(25-19)15-9-11-16(12-10-15)24-22(27)17-7-5-6-8-18(17)23;1-7(9)8-5-3-2-4-6-8/h4-13H,2H2,1,3H3,(H,24,27)(H,25,26);8H,2-6H2,1H3/b19-4+,20-13+;. The van der Waals surface area contributed by atoms with Crippen LogP contribution < -0.4 is 16.0 Å². The molecule has 1 saturated carbocycles. The molecule has 4 rings (SSSR count). The minimum Gasteiger partial charge on any atom is -0.338 e. The SMILES string of the molecule is C=C(C)/C=c1/[nH]c(-c2ccc(NC(=O)c3ccccc3F)cc2)n/c1=C/C.CC(=O)C1CCCCC1. The Kier molecular flexibility index (Phi) is 9.51. The van der Waals surface area contributed by atoms with E-state index in [1.807, 2.05) is 38.1 Å². The quantitative estimate of drug-likeness (QED) is 0.479. The minimum absolute atomic E-state index is 0.00992. The van der Waals surface area contributed by atoms with Gasteiger partial charge in [0.15, 0.2) is 0 Å². The van der Waals surface area contributed by atoms with E-state index in [9.17, 15) is 14.0 Å². The summed E-state index contributed by atoms with van der Waals surface area (Å²) in [6, 6.07) is 13.1. The summed E-state index contributed by atoms with van der Waals surface area (Å²) in [5, 5.41) is 4.45. The Hall–Kier alpha value is -3.80. The van der Waals surface area contributed by atoms with E-state index in [-0.39, 0.29) is 5.56 Å². The first-order valence-corrected chi connectivity index (χ1v) is 12.3. The zero-order valence-corrected chi connectivity index (χ0v) is 21.2. The highest BCUT2D eigenvalue weighted by Gasteiger charge is 2.16. The third-order valence-corrected chi connectivity index (χ3v) is 6.14. The molecule has 5 nitrogen and oxygen atoms in total. The number of H-pyrrole nitrogens is 1. The lowest BCUT2D eigenvalue weighted by atomic mass is 9.87. The van der Waals surface area contributed by atoms with Gasteiger partial charge in [0.2, 0.25) is 0 Å². The van der Waals surface area contributed by atoms with Crippen molar-refractivity contribution in [3.63, 3.8) is 0 Å². The topological polar surface area (TPSA) is 74.8 Å². The van der Waals surface area contributed by atoms with E-state index >= 15 is 0 Å². The predicted molar refractivity (Wildman–Crippen MR) is 144 cm³/mol. The molecule has 1 heterocycles. The largest absolute Gasteiger partial charge is 0.338 e. The highest BCUT2D eigenvalue weighted by atomic mass is 19.1. The number of nitrogens with zero attached hydrogens (tertiary/aromatic N) is 1. The van der Waals surface area contributed by atoms with Crippen LogP contribution in [0.1, 0.15) is 63.2 Å². The van der Waals surface area contributed by atoms with Crippen LogP contribution in [0.15, 0.2) is 60.7 Å². The number of amides is 1. The van der Waals surface area contributed by atoms with Gasteiger partial charge >= 0.3 is 0 Å². The summed E-state index contributed by atoms with van der Waals surface area (Å²) < 4.78 is 13.7. The number of Topliss-reactive ketones (excluding diaryl/α,β-unsaturated/α-hetero) is 1. The van der Waals surface area contributed by atoms with Crippen molar-refractivity contribution in [3.8, 4) is 11.4 Å². The van der Waals surface area contributed by atoms with Gasteiger partial charge in [-0.15, -0.1) is 0 Å². The van der Waals surface area contributed by atoms with E-state index in [1.54, 1.807) is 31.2 Å². The number of allylic oxidation sites excluding steroid dienone is 1. The van der Waals surface area contributed by atoms with Crippen molar-refractivity contribution < 1.29 is 14.0 Å². The number of aromatic nitrogens is 2. The van der Waals surface area contributed by atoms with Gasteiger partial charge in [-0.05, 0) is 76.1 Å². The molecule has 1 fully saturated rings. The number of hydrogen-bond acceptors (Lipinski definition) is 3. The van der Waals surface area contributed by atoms with Gasteiger partial charge in [0.05, 0.1) is 16.3 Å². The average Bonchev–Trinajstić information content (AvgIpc) is 3.27. The van der Waals surface area contributed by atoms with Crippen LogP contribution in [0.5, 0.6) is 0 Å². The number of nitrogens with one attached hydrogen (secondary N) is 2. The third-order valence-electron chi connectivity index (χ3n) is 6.14. The van der Waals surface area contributed by atoms with Gasteiger partial charge in [0.25, 0.3) is 5.91 Å². The maximum absolute atomic E-state index is 13.7. The van der Waals surface area contributed by atoms with E-state index in [2.05, 4.69) is 21.9 Å². The molecule has 0 unspecified atom stereocenters. The lowest BCUT2D eigenvalue weighted by Gasteiger charge is -2.17. The number of rotatable bonds is 5. The molecule has 0 radical (unpaired) electrons. The Morgan fingerprint density at radius 2 is 1.72 bits per heavy atom. The zero-order valence-electron chi connectivity index (χ0n) is 21.2. The molecule has 3 aromatic rings. The summed E-state index contributed by atoms with van der Waals surface area (Å²) in [6.07, 6.45) is 10.0. The summed E-state index contributed by atoms with van der Waals surface area (Å²) >= 11 is 0. The predicted octanol–water partition coefficient (Wildman–Crippen LogP) is 5.78. The first kappa shape index (κ1) is 26.8. The lowest BCUT2D eigenvalue weighted by Crippen LogP contribution is -2.23. The van der Waals surface area contributed by atoms with Crippen molar-refractivity contribution in [1.29, 1.82) is 0 Å². The molecule has 1 aliphatic rings. The fourth-order valence-corrected chi connectivity index (χ4v) is 4.18. The fourth-order valence-electron chi connectivity index (χ4n) is 4.18. The van der Waals surface area contributed by atoms with Crippen molar-refractivity contribution in [1.82, 2.24) is 9.97 Å². The second-order valence-corrected chi connectivity index (χ2v) is 9.12. The monoisotopic (exact) mass is 487 g/mol. The van der Waals surface area contributed by atoms with E-state index in [0.29, 0.717) is 17.4 Å². The molecular weight excluding hydrogens is 453 g/mol. The number of imidazole rings is 1. The molecule has 0 aliphatic heterocycles. The highest BCUT2D eigenvalue weighted by Crippen LogP contribution is 2.23. The van der Waals surface area contributed by atoms with Gasteiger partial charge in [0, 0.05) is 17.2 Å². The van der Waals surface area contributed by atoms with Crippen LogP contribution in [0.25, 0.3) is 23.5 Å². The number of hydrogen-bond donors (Lipinski definition) is 2. The van der Waals surface area contributed by atoms with E-state index < -0.39 is 11.7 Å². The van der Waals surface area contributed by atoms with Crippen molar-refractivity contribution in [2.24, 2.45) is 5.92 Å². The molecule has 1 aliphatic carbocycles. The van der Waals surface area contributed by atoms with Gasteiger partial charge in [-0.1, -0.05) is 49.6 Å². The second-order valence-electron chi connectivity index (χ2n) is 9.12. The average molecular weight is 488 g/mol. The molecule has 6 heteroatoms. The van der Waals surface area contributed by atoms with Gasteiger partial charge in [0.1, 0.15) is 17.4 Å². The maximum Gasteiger partial charge on any atom is 0.258 e. The first-order valence-electron chi connectivity index (χ1n) is 12.3. The summed E-state index contributed by atoms with van der Waals surface area (Å²) in [5.41, 5.74) is 2.40. The third kappa shape index (κ3) is 7.35. The smallest absolute Gasteiger partial charge is 0.258 e. The van der Waals surface area contributed by atoms with Crippen molar-refractivity contribution in [2.75, 3.05) is 5.32 Å². The summed E-state index contributed by atoms with van der Waals surface area (Å²) in [6.45, 7) is 9.46. The van der Waals surface area contributed by atoms with Crippen LogP contribution in [0.2, 0.25) is 0 Å². The molecule has 0 atom stereocenters. The molecule has 0 bridgehead atoms. The van der Waals surface area contributed by atoms with E-state index in [1.165, 1.54) is 31.4 Å². The van der Waals surface area contributed by atoms with Crippen LogP contribution in [0.3, 0.4) is 0 Å². The number of carbonyl (C=O) groups excluding carboxylic acids is 2. The highest BCUT2D eigenvalue weighted by molar-refractivity contribution is 6.04. The van der Waals surface area contributed by atoms with Crippen LogP contribution >= 0.6 is 0 Å². The van der Waals surface area contributed by atoms with E-state index in [0.717, 1.165) is 40.5 Å². The number of benzene rings is 2. The number of anilines is 1. The van der Waals surface area contributed by atoms with Gasteiger partial charge in [-0.3, -0.25) is 9.59 Å². The second kappa shape index (κ2) is 12.8. The number of aromatic amines is 1. The molecule has 0 saturated heterocycles. The molecule has 1 amide bonds.